The zero-order chi connectivity index (χ0) is 13.7. The van der Waals surface area contributed by atoms with Crippen molar-refractivity contribution in [3.8, 4) is 0 Å². The summed E-state index contributed by atoms with van der Waals surface area (Å²) >= 11 is 0. The molecule has 1 aliphatic rings. The first-order valence-corrected chi connectivity index (χ1v) is 7.13. The van der Waals surface area contributed by atoms with Gasteiger partial charge in [0.15, 0.2) is 0 Å². The minimum absolute atomic E-state index is 0.359. The number of rotatable bonds is 5. The Labute approximate surface area is 116 Å². The molecule has 2 rings (SSSR count). The first kappa shape index (κ1) is 14.3. The molecule has 4 nitrogen and oxygen atoms in total. The molecule has 2 heterocycles. The molecule has 1 aromatic heterocycles. The van der Waals surface area contributed by atoms with Crippen LogP contribution in [0.15, 0.2) is 18.3 Å². The summed E-state index contributed by atoms with van der Waals surface area (Å²) in [6.45, 7) is 5.04. The van der Waals surface area contributed by atoms with Crippen LogP contribution in [0.5, 0.6) is 0 Å². The Bertz CT molecular complexity index is 391. The van der Waals surface area contributed by atoms with Gasteiger partial charge in [0.1, 0.15) is 5.82 Å². The molecule has 1 fully saturated rings. The number of hydrogen-bond donors (Lipinski definition) is 1. The summed E-state index contributed by atoms with van der Waals surface area (Å²) in [7, 11) is 4.11. The summed E-state index contributed by atoms with van der Waals surface area (Å²) < 4.78 is 5.41. The molecule has 0 saturated carbocycles. The van der Waals surface area contributed by atoms with Crippen LogP contribution >= 0.6 is 0 Å². The topological polar surface area (TPSA) is 37.4 Å². The quantitative estimate of drug-likeness (QED) is 0.884. The van der Waals surface area contributed by atoms with E-state index in [4.69, 9.17) is 4.74 Å². The molecule has 1 aromatic rings. The normalized spacial score (nSPS) is 18.3. The van der Waals surface area contributed by atoms with Crippen molar-refractivity contribution in [2.24, 2.45) is 5.92 Å². The molecular weight excluding hydrogens is 238 g/mol. The van der Waals surface area contributed by atoms with Crippen LogP contribution in [0.3, 0.4) is 0 Å². The van der Waals surface area contributed by atoms with Gasteiger partial charge in [-0.05, 0) is 50.4 Å². The molecule has 1 unspecified atom stereocenters. The lowest BCUT2D eigenvalue weighted by molar-refractivity contribution is 0.0685. The lowest BCUT2D eigenvalue weighted by Crippen LogP contribution is -2.30. The van der Waals surface area contributed by atoms with E-state index in [1.807, 2.05) is 13.2 Å². The highest BCUT2D eigenvalue weighted by Gasteiger charge is 2.17. The van der Waals surface area contributed by atoms with E-state index in [-0.39, 0.29) is 0 Å². The van der Waals surface area contributed by atoms with Crippen molar-refractivity contribution in [3.63, 3.8) is 0 Å². The molecule has 19 heavy (non-hydrogen) atoms. The van der Waals surface area contributed by atoms with Gasteiger partial charge in [0.25, 0.3) is 0 Å². The lowest BCUT2D eigenvalue weighted by Gasteiger charge is -2.28. The van der Waals surface area contributed by atoms with Crippen LogP contribution in [0.1, 0.15) is 31.4 Å². The minimum Gasteiger partial charge on any atom is -0.381 e. The van der Waals surface area contributed by atoms with E-state index in [9.17, 15) is 0 Å². The standard InChI is InChI=1S/C15H25N3O/c1-12(16-2)14-4-7-17-15(10-14)18(3)11-13-5-8-19-9-6-13/h4,7,10,12-13,16H,5-6,8-9,11H2,1-3H3. The van der Waals surface area contributed by atoms with Crippen molar-refractivity contribution in [1.29, 1.82) is 0 Å². The van der Waals surface area contributed by atoms with E-state index >= 15 is 0 Å². The van der Waals surface area contributed by atoms with Gasteiger partial charge < -0.3 is 15.0 Å². The molecule has 0 aliphatic carbocycles. The van der Waals surface area contributed by atoms with Gasteiger partial charge in [-0.3, -0.25) is 0 Å². The summed E-state index contributed by atoms with van der Waals surface area (Å²) in [4.78, 5) is 6.75. The third kappa shape index (κ3) is 3.91. The van der Waals surface area contributed by atoms with E-state index in [0.29, 0.717) is 6.04 Å². The van der Waals surface area contributed by atoms with Gasteiger partial charge in [-0.15, -0.1) is 0 Å². The van der Waals surface area contributed by atoms with Gasteiger partial charge in [-0.25, -0.2) is 4.98 Å². The number of ether oxygens (including phenoxy) is 1. The number of nitrogens with zero attached hydrogens (tertiary/aromatic N) is 2. The summed E-state index contributed by atoms with van der Waals surface area (Å²) in [6.07, 6.45) is 4.23. The molecule has 106 valence electrons. The monoisotopic (exact) mass is 263 g/mol. The van der Waals surface area contributed by atoms with E-state index in [0.717, 1.165) is 44.3 Å². The van der Waals surface area contributed by atoms with Crippen LogP contribution in [-0.2, 0) is 4.74 Å². The molecular formula is C15H25N3O. The van der Waals surface area contributed by atoms with Crippen LogP contribution in [0.4, 0.5) is 5.82 Å². The molecule has 1 aliphatic heterocycles. The molecule has 0 spiro atoms. The highest BCUT2D eigenvalue weighted by atomic mass is 16.5. The van der Waals surface area contributed by atoms with E-state index in [1.165, 1.54) is 5.56 Å². The average Bonchev–Trinajstić information content (AvgIpc) is 2.47. The third-order valence-electron chi connectivity index (χ3n) is 3.97. The molecule has 1 atom stereocenters. The average molecular weight is 263 g/mol. The Morgan fingerprint density at radius 1 is 1.47 bits per heavy atom. The number of anilines is 1. The van der Waals surface area contributed by atoms with Gasteiger partial charge in [0.2, 0.25) is 0 Å². The minimum atomic E-state index is 0.359. The Morgan fingerprint density at radius 3 is 2.89 bits per heavy atom. The predicted molar refractivity (Wildman–Crippen MR) is 78.5 cm³/mol. The van der Waals surface area contributed by atoms with Crippen LogP contribution in [0.2, 0.25) is 0 Å². The molecule has 1 saturated heterocycles. The Morgan fingerprint density at radius 2 is 2.21 bits per heavy atom. The van der Waals surface area contributed by atoms with Crippen molar-refractivity contribution < 1.29 is 4.74 Å². The van der Waals surface area contributed by atoms with Gasteiger partial charge in [0, 0.05) is 39.0 Å². The third-order valence-corrected chi connectivity index (χ3v) is 3.97. The number of pyridine rings is 1. The second-order valence-electron chi connectivity index (χ2n) is 5.39. The van der Waals surface area contributed by atoms with Crippen LogP contribution in [-0.4, -0.2) is 38.8 Å². The fourth-order valence-corrected chi connectivity index (χ4v) is 2.49. The first-order valence-electron chi connectivity index (χ1n) is 7.13. The van der Waals surface area contributed by atoms with Crippen LogP contribution in [0.25, 0.3) is 0 Å². The summed E-state index contributed by atoms with van der Waals surface area (Å²) in [5, 5.41) is 3.27. The molecule has 0 aromatic carbocycles. The van der Waals surface area contributed by atoms with E-state index in [1.54, 1.807) is 0 Å². The second kappa shape index (κ2) is 6.87. The molecule has 4 heteroatoms. The maximum Gasteiger partial charge on any atom is 0.128 e. The summed E-state index contributed by atoms with van der Waals surface area (Å²) in [5.74, 6) is 1.79. The maximum atomic E-state index is 5.41. The maximum absolute atomic E-state index is 5.41. The van der Waals surface area contributed by atoms with E-state index in [2.05, 4.69) is 41.3 Å². The van der Waals surface area contributed by atoms with E-state index < -0.39 is 0 Å². The van der Waals surface area contributed by atoms with Crippen LogP contribution in [0, 0.1) is 5.92 Å². The Kier molecular flexibility index (Phi) is 5.16. The first-order chi connectivity index (χ1) is 9.20. The van der Waals surface area contributed by atoms with Crippen molar-refractivity contribution in [1.82, 2.24) is 10.3 Å². The largest absolute Gasteiger partial charge is 0.381 e. The lowest BCUT2D eigenvalue weighted by atomic mass is 10.00. The highest BCUT2D eigenvalue weighted by Crippen LogP contribution is 2.21. The highest BCUT2D eigenvalue weighted by molar-refractivity contribution is 5.41. The smallest absolute Gasteiger partial charge is 0.128 e. The Balaban J connectivity index is 1.99. The van der Waals surface area contributed by atoms with Gasteiger partial charge >= 0.3 is 0 Å². The number of hydrogen-bond acceptors (Lipinski definition) is 4. The molecule has 1 N–H and O–H groups in total. The van der Waals surface area contributed by atoms with Crippen molar-refractivity contribution in [3.05, 3.63) is 23.9 Å². The van der Waals surface area contributed by atoms with Gasteiger partial charge in [0.05, 0.1) is 0 Å². The van der Waals surface area contributed by atoms with Gasteiger partial charge in [-0.2, -0.15) is 0 Å². The summed E-state index contributed by atoms with van der Waals surface area (Å²) in [5.41, 5.74) is 1.28. The van der Waals surface area contributed by atoms with Crippen molar-refractivity contribution >= 4 is 5.82 Å². The van der Waals surface area contributed by atoms with Crippen molar-refractivity contribution in [2.45, 2.75) is 25.8 Å². The second-order valence-corrected chi connectivity index (χ2v) is 5.39. The number of aromatic nitrogens is 1. The predicted octanol–water partition coefficient (Wildman–Crippen LogP) is 2.22. The zero-order valence-corrected chi connectivity index (χ0v) is 12.2. The zero-order valence-electron chi connectivity index (χ0n) is 12.2. The molecule has 0 bridgehead atoms. The Hall–Kier alpha value is -1.13. The molecule has 0 amide bonds. The van der Waals surface area contributed by atoms with Crippen molar-refractivity contribution in [2.75, 3.05) is 38.8 Å². The fourth-order valence-electron chi connectivity index (χ4n) is 2.49. The van der Waals surface area contributed by atoms with Crippen LogP contribution < -0.4 is 10.2 Å². The number of nitrogens with one attached hydrogen (secondary N) is 1. The molecule has 0 radical (unpaired) electrons. The summed E-state index contributed by atoms with van der Waals surface area (Å²) in [6, 6.07) is 4.62. The van der Waals surface area contributed by atoms with Gasteiger partial charge in [-0.1, -0.05) is 0 Å². The fraction of sp³-hybridized carbons (Fsp3) is 0.667. The SMILES string of the molecule is CNC(C)c1ccnc(N(C)CC2CCOCC2)c1.